The molecule has 0 saturated carbocycles. The van der Waals surface area contributed by atoms with Gasteiger partial charge in [-0.05, 0) is 108 Å². The highest BCUT2D eigenvalue weighted by molar-refractivity contribution is 6.13. The highest BCUT2D eigenvalue weighted by Crippen LogP contribution is 2.53. The molecule has 2 aliphatic rings. The Morgan fingerprint density at radius 3 is 1.70 bits per heavy atom. The van der Waals surface area contributed by atoms with Crippen LogP contribution in [0.3, 0.4) is 0 Å². The van der Waals surface area contributed by atoms with Crippen LogP contribution in [0.25, 0.3) is 66.1 Å². The van der Waals surface area contributed by atoms with E-state index < -0.39 is 0 Å². The van der Waals surface area contributed by atoms with Gasteiger partial charge in [0.1, 0.15) is 0 Å². The smallest absolute Gasteiger partial charge is 0.0540 e. The van der Waals surface area contributed by atoms with Crippen LogP contribution in [-0.4, -0.2) is 0 Å². The molecule has 0 atom stereocenters. The van der Waals surface area contributed by atoms with E-state index in [0.29, 0.717) is 0 Å². The molecule has 0 N–H and O–H groups in total. The van der Waals surface area contributed by atoms with Crippen LogP contribution in [0.4, 0.5) is 17.1 Å². The zero-order valence-corrected chi connectivity index (χ0v) is 32.8. The van der Waals surface area contributed by atoms with Gasteiger partial charge in [-0.2, -0.15) is 0 Å². The average molecular weight is 730 g/mol. The molecule has 0 unspecified atom stereocenters. The van der Waals surface area contributed by atoms with Crippen LogP contribution in [-0.2, 0) is 10.8 Å². The highest BCUT2D eigenvalue weighted by Gasteiger charge is 2.38. The standard InChI is InChI=1S/C56H43N/c1-55(2)49-23-10-7-18-44(49)46-33-30-38(35-51(46)55)41-17-9-12-25-52(41)57(53-26-14-21-43-40-16-6-5-15-36(40)29-34-47(43)53)39-31-27-37(28-32-39)42-20-13-22-48-45-19-8-11-24-50(45)56(3,4)54(42)48/h5-35H,1-4H3. The first-order valence-electron chi connectivity index (χ1n) is 20.2. The Hall–Kier alpha value is -6.70. The molecule has 0 saturated heterocycles. The van der Waals surface area contributed by atoms with Crippen LogP contribution in [0.2, 0.25) is 0 Å². The second kappa shape index (κ2) is 12.4. The van der Waals surface area contributed by atoms with Crippen molar-refractivity contribution in [3.63, 3.8) is 0 Å². The fraction of sp³-hybridized carbons (Fsp3) is 0.107. The Morgan fingerprint density at radius 2 is 0.895 bits per heavy atom. The maximum absolute atomic E-state index is 2.48. The van der Waals surface area contributed by atoms with E-state index in [-0.39, 0.29) is 10.8 Å². The molecule has 1 nitrogen and oxygen atoms in total. The van der Waals surface area contributed by atoms with Crippen molar-refractivity contribution >= 4 is 38.6 Å². The van der Waals surface area contributed by atoms with Crippen molar-refractivity contribution in [2.24, 2.45) is 0 Å². The van der Waals surface area contributed by atoms with E-state index in [4.69, 9.17) is 0 Å². The first-order chi connectivity index (χ1) is 27.8. The molecule has 0 aliphatic heterocycles. The summed E-state index contributed by atoms with van der Waals surface area (Å²) in [6.45, 7) is 9.47. The van der Waals surface area contributed by atoms with Gasteiger partial charge in [0.2, 0.25) is 0 Å². The Labute approximate surface area is 335 Å². The molecule has 0 bridgehead atoms. The van der Waals surface area contributed by atoms with Gasteiger partial charge in [-0.3, -0.25) is 0 Å². The van der Waals surface area contributed by atoms with Gasteiger partial charge in [0.25, 0.3) is 0 Å². The van der Waals surface area contributed by atoms with Crippen molar-refractivity contribution in [1.82, 2.24) is 0 Å². The zero-order valence-electron chi connectivity index (χ0n) is 32.8. The lowest BCUT2D eigenvalue weighted by atomic mass is 9.79. The molecule has 9 aromatic rings. The number of nitrogens with zero attached hydrogens (tertiary/aromatic N) is 1. The maximum Gasteiger partial charge on any atom is 0.0540 e. The second-order valence-corrected chi connectivity index (χ2v) is 16.9. The lowest BCUT2D eigenvalue weighted by molar-refractivity contribution is 0.660. The maximum atomic E-state index is 2.48. The number of hydrogen-bond donors (Lipinski definition) is 0. The lowest BCUT2D eigenvalue weighted by Crippen LogP contribution is -2.16. The molecule has 0 radical (unpaired) electrons. The number of rotatable bonds is 5. The first kappa shape index (κ1) is 33.6. The molecule has 9 aromatic carbocycles. The number of hydrogen-bond acceptors (Lipinski definition) is 1. The SMILES string of the molecule is CC1(C)c2ccccc2-c2ccc(-c3ccccc3N(c3ccc(-c4cccc5c4C(C)(C)c4ccccc4-5)cc3)c3cccc4c3ccc3ccccc34)cc21. The minimum Gasteiger partial charge on any atom is -0.309 e. The molecule has 1 heteroatoms. The minimum absolute atomic E-state index is 0.0867. The van der Waals surface area contributed by atoms with Crippen molar-refractivity contribution in [2.75, 3.05) is 4.90 Å². The Morgan fingerprint density at radius 1 is 0.333 bits per heavy atom. The average Bonchev–Trinajstić information content (AvgIpc) is 3.63. The lowest BCUT2D eigenvalue weighted by Gasteiger charge is -2.30. The van der Waals surface area contributed by atoms with Crippen molar-refractivity contribution < 1.29 is 0 Å². The molecule has 2 aliphatic carbocycles. The predicted octanol–water partition coefficient (Wildman–Crippen LogP) is 15.4. The Balaban J connectivity index is 1.10. The van der Waals surface area contributed by atoms with Gasteiger partial charge in [-0.25, -0.2) is 0 Å². The summed E-state index contributed by atoms with van der Waals surface area (Å²) in [5.74, 6) is 0. The summed E-state index contributed by atoms with van der Waals surface area (Å²) < 4.78 is 0. The highest BCUT2D eigenvalue weighted by atomic mass is 15.1. The van der Waals surface area contributed by atoms with Crippen molar-refractivity contribution in [3.05, 3.63) is 210 Å². The summed E-state index contributed by atoms with van der Waals surface area (Å²) in [4.78, 5) is 2.48. The van der Waals surface area contributed by atoms with Crippen LogP contribution < -0.4 is 4.90 Å². The van der Waals surface area contributed by atoms with Crippen molar-refractivity contribution in [1.29, 1.82) is 0 Å². The molecular formula is C56H43N. The minimum atomic E-state index is -0.0936. The molecule has 11 rings (SSSR count). The number of benzene rings is 9. The summed E-state index contributed by atoms with van der Waals surface area (Å²) >= 11 is 0. The molecule has 0 fully saturated rings. The van der Waals surface area contributed by atoms with Gasteiger partial charge in [-0.15, -0.1) is 0 Å². The summed E-state index contributed by atoms with van der Waals surface area (Å²) in [7, 11) is 0. The largest absolute Gasteiger partial charge is 0.309 e. The predicted molar refractivity (Wildman–Crippen MR) is 242 cm³/mol. The van der Waals surface area contributed by atoms with Gasteiger partial charge in [0.15, 0.2) is 0 Å². The van der Waals surface area contributed by atoms with E-state index in [9.17, 15) is 0 Å². The van der Waals surface area contributed by atoms with Crippen LogP contribution >= 0.6 is 0 Å². The number of anilines is 3. The monoisotopic (exact) mass is 729 g/mol. The fourth-order valence-corrected chi connectivity index (χ4v) is 10.3. The van der Waals surface area contributed by atoms with Gasteiger partial charge >= 0.3 is 0 Å². The van der Waals surface area contributed by atoms with E-state index in [1.807, 2.05) is 0 Å². The van der Waals surface area contributed by atoms with Gasteiger partial charge < -0.3 is 4.90 Å². The molecule has 0 spiro atoms. The normalized spacial score (nSPS) is 14.2. The number of para-hydroxylation sites is 1. The fourth-order valence-electron chi connectivity index (χ4n) is 10.3. The zero-order chi connectivity index (χ0) is 38.5. The summed E-state index contributed by atoms with van der Waals surface area (Å²) in [6, 6.07) is 70.1. The van der Waals surface area contributed by atoms with Crippen molar-refractivity contribution in [2.45, 2.75) is 38.5 Å². The van der Waals surface area contributed by atoms with Crippen LogP contribution in [0, 0.1) is 0 Å². The van der Waals surface area contributed by atoms with Gasteiger partial charge in [0, 0.05) is 27.5 Å². The van der Waals surface area contributed by atoms with E-state index >= 15 is 0 Å². The summed E-state index contributed by atoms with van der Waals surface area (Å²) in [5.41, 5.74) is 19.2. The van der Waals surface area contributed by atoms with E-state index in [1.54, 1.807) is 0 Å². The molecule has 0 aromatic heterocycles. The van der Waals surface area contributed by atoms with Crippen LogP contribution in [0.5, 0.6) is 0 Å². The topological polar surface area (TPSA) is 3.24 Å². The Bertz CT molecular complexity index is 3070. The van der Waals surface area contributed by atoms with Gasteiger partial charge in [0.05, 0.1) is 11.4 Å². The third-order valence-corrected chi connectivity index (χ3v) is 13.1. The van der Waals surface area contributed by atoms with E-state index in [0.717, 1.165) is 17.1 Å². The molecule has 0 heterocycles. The molecule has 57 heavy (non-hydrogen) atoms. The summed E-state index contributed by atoms with van der Waals surface area (Å²) in [6.07, 6.45) is 0. The van der Waals surface area contributed by atoms with Gasteiger partial charge in [-0.1, -0.05) is 185 Å². The third-order valence-electron chi connectivity index (χ3n) is 13.1. The number of fused-ring (bicyclic) bond motifs is 9. The van der Waals surface area contributed by atoms with E-state index in [2.05, 4.69) is 221 Å². The quantitative estimate of drug-likeness (QED) is 0.159. The first-order valence-corrected chi connectivity index (χ1v) is 20.2. The van der Waals surface area contributed by atoms with Crippen LogP contribution in [0.15, 0.2) is 188 Å². The third kappa shape index (κ3) is 4.95. The van der Waals surface area contributed by atoms with Crippen molar-refractivity contribution in [3.8, 4) is 44.5 Å². The Kier molecular flexibility index (Phi) is 7.32. The summed E-state index contributed by atoms with van der Waals surface area (Å²) in [5, 5.41) is 4.99. The van der Waals surface area contributed by atoms with E-state index in [1.165, 1.54) is 88.3 Å². The molecular weight excluding hydrogens is 687 g/mol. The molecule has 272 valence electrons. The molecule has 0 amide bonds. The van der Waals surface area contributed by atoms with Crippen LogP contribution in [0.1, 0.15) is 49.9 Å². The second-order valence-electron chi connectivity index (χ2n) is 16.9.